The smallest absolute Gasteiger partial charge is 0.261 e. The van der Waals surface area contributed by atoms with Crippen LogP contribution >= 0.6 is 11.6 Å². The number of nitrogens with zero attached hydrogens (tertiary/aromatic N) is 1. The Morgan fingerprint density at radius 1 is 1.26 bits per heavy atom. The summed E-state index contributed by atoms with van der Waals surface area (Å²) in [4.78, 5) is 12.8. The van der Waals surface area contributed by atoms with Gasteiger partial charge in [0, 0.05) is 24.1 Å². The summed E-state index contributed by atoms with van der Waals surface area (Å²) in [5.41, 5.74) is 0.506. The van der Waals surface area contributed by atoms with Gasteiger partial charge in [-0.05, 0) is 6.07 Å². The van der Waals surface area contributed by atoms with E-state index in [0.717, 1.165) is 12.1 Å². The van der Waals surface area contributed by atoms with Gasteiger partial charge in [0.05, 0.1) is 17.8 Å². The molecule has 0 aliphatic carbocycles. The number of amides is 1. The van der Waals surface area contributed by atoms with Crippen LogP contribution in [-0.4, -0.2) is 18.2 Å². The van der Waals surface area contributed by atoms with Crippen molar-refractivity contribution in [1.82, 2.24) is 5.16 Å². The fraction of sp³-hybridized carbons (Fsp3) is 0.158. The molecule has 0 saturated carbocycles. The van der Waals surface area contributed by atoms with Gasteiger partial charge in [-0.2, -0.15) is 0 Å². The van der Waals surface area contributed by atoms with E-state index in [4.69, 9.17) is 20.9 Å². The summed E-state index contributed by atoms with van der Waals surface area (Å²) in [6.45, 7) is 1.78. The molecule has 0 aliphatic rings. The van der Waals surface area contributed by atoms with Crippen LogP contribution in [0.15, 0.2) is 40.9 Å². The predicted molar refractivity (Wildman–Crippen MR) is 97.2 cm³/mol. The van der Waals surface area contributed by atoms with Gasteiger partial charge < -0.3 is 14.6 Å². The Labute approximate surface area is 158 Å². The first-order valence-electron chi connectivity index (χ1n) is 8.04. The molecule has 1 N–H and O–H groups in total. The maximum atomic E-state index is 14.2. The lowest BCUT2D eigenvalue weighted by molar-refractivity contribution is 0.102. The second kappa shape index (κ2) is 7.75. The fourth-order valence-electron chi connectivity index (χ4n) is 2.60. The summed E-state index contributed by atoms with van der Waals surface area (Å²) in [6, 6.07) is 8.51. The molecule has 2 aromatic carbocycles. The highest BCUT2D eigenvalue weighted by Crippen LogP contribution is 2.32. The van der Waals surface area contributed by atoms with E-state index in [1.54, 1.807) is 31.2 Å². The second-order valence-corrected chi connectivity index (χ2v) is 5.99. The number of benzene rings is 2. The monoisotopic (exact) mass is 392 g/mol. The SMILES string of the molecule is CCc1onc(-c2ccccc2Cl)c1C(=O)Nc1cc(F)c(OC)cc1F. The third-order valence-corrected chi connectivity index (χ3v) is 4.26. The molecule has 27 heavy (non-hydrogen) atoms. The zero-order valence-corrected chi connectivity index (χ0v) is 15.2. The van der Waals surface area contributed by atoms with E-state index >= 15 is 0 Å². The number of carbonyl (C=O) groups is 1. The minimum atomic E-state index is -0.838. The molecule has 1 aromatic heterocycles. The normalized spacial score (nSPS) is 10.7. The van der Waals surface area contributed by atoms with Crippen molar-refractivity contribution in [2.75, 3.05) is 12.4 Å². The number of rotatable bonds is 5. The molecular formula is C19H15ClF2N2O3. The third kappa shape index (κ3) is 3.64. The van der Waals surface area contributed by atoms with Crippen LogP contribution in [0.25, 0.3) is 11.3 Å². The molecule has 0 spiro atoms. The average Bonchev–Trinajstić information content (AvgIpc) is 3.08. The maximum absolute atomic E-state index is 14.2. The predicted octanol–water partition coefficient (Wildman–Crippen LogP) is 5.10. The van der Waals surface area contributed by atoms with Crippen LogP contribution in [0.3, 0.4) is 0 Å². The highest BCUT2D eigenvalue weighted by molar-refractivity contribution is 6.33. The zero-order chi connectivity index (χ0) is 19.6. The van der Waals surface area contributed by atoms with Gasteiger partial charge in [0.2, 0.25) is 0 Å². The third-order valence-electron chi connectivity index (χ3n) is 3.93. The first-order valence-corrected chi connectivity index (χ1v) is 8.41. The number of ether oxygens (including phenoxy) is 1. The van der Waals surface area contributed by atoms with Crippen molar-refractivity contribution >= 4 is 23.2 Å². The molecule has 1 amide bonds. The number of halogens is 3. The number of anilines is 1. The molecule has 0 fully saturated rings. The minimum Gasteiger partial charge on any atom is -0.494 e. The van der Waals surface area contributed by atoms with E-state index in [2.05, 4.69) is 10.5 Å². The molecule has 5 nitrogen and oxygen atoms in total. The highest BCUT2D eigenvalue weighted by atomic mass is 35.5. The highest BCUT2D eigenvalue weighted by Gasteiger charge is 2.25. The van der Waals surface area contributed by atoms with Crippen LogP contribution in [0.2, 0.25) is 5.02 Å². The molecule has 0 unspecified atom stereocenters. The number of nitrogens with one attached hydrogen (secondary N) is 1. The molecule has 0 saturated heterocycles. The summed E-state index contributed by atoms with van der Waals surface area (Å²) in [7, 11) is 1.22. The Hall–Kier alpha value is -2.93. The van der Waals surface area contributed by atoms with Crippen molar-refractivity contribution in [1.29, 1.82) is 0 Å². The van der Waals surface area contributed by atoms with E-state index in [-0.39, 0.29) is 22.7 Å². The lowest BCUT2D eigenvalue weighted by Gasteiger charge is -2.10. The van der Waals surface area contributed by atoms with Gasteiger partial charge in [-0.15, -0.1) is 0 Å². The molecule has 0 bridgehead atoms. The Balaban J connectivity index is 2.02. The number of hydrogen-bond donors (Lipinski definition) is 1. The molecule has 0 aliphatic heterocycles. The summed E-state index contributed by atoms with van der Waals surface area (Å²) in [6.07, 6.45) is 0.375. The largest absolute Gasteiger partial charge is 0.494 e. The van der Waals surface area contributed by atoms with Crippen molar-refractivity contribution in [2.24, 2.45) is 0 Å². The van der Waals surface area contributed by atoms with Gasteiger partial charge in [0.1, 0.15) is 17.0 Å². The summed E-state index contributed by atoms with van der Waals surface area (Å²) >= 11 is 6.19. The fourth-order valence-corrected chi connectivity index (χ4v) is 2.83. The van der Waals surface area contributed by atoms with E-state index in [0.29, 0.717) is 22.8 Å². The van der Waals surface area contributed by atoms with Gasteiger partial charge in [-0.3, -0.25) is 4.79 Å². The van der Waals surface area contributed by atoms with E-state index in [9.17, 15) is 13.6 Å². The Kier molecular flexibility index (Phi) is 5.41. The first kappa shape index (κ1) is 18.8. The van der Waals surface area contributed by atoms with Crippen molar-refractivity contribution in [2.45, 2.75) is 13.3 Å². The van der Waals surface area contributed by atoms with Crippen molar-refractivity contribution in [3.63, 3.8) is 0 Å². The van der Waals surface area contributed by atoms with Gasteiger partial charge in [-0.1, -0.05) is 41.9 Å². The summed E-state index contributed by atoms with van der Waals surface area (Å²) in [5, 5.41) is 6.68. The molecule has 8 heteroatoms. The number of aromatic nitrogens is 1. The number of methoxy groups -OCH3 is 1. The standard InChI is InChI=1S/C19H15ClF2N2O3/c1-3-15-17(18(24-27-15)10-6-4-5-7-11(10)20)19(25)23-14-8-13(22)16(26-2)9-12(14)21/h4-9H,3H2,1-2H3,(H,23,25). The van der Waals surface area contributed by atoms with Gasteiger partial charge in [0.15, 0.2) is 17.4 Å². The molecule has 1 heterocycles. The lowest BCUT2D eigenvalue weighted by atomic mass is 10.0. The van der Waals surface area contributed by atoms with Gasteiger partial charge in [0.25, 0.3) is 5.91 Å². The van der Waals surface area contributed by atoms with Crippen LogP contribution in [0, 0.1) is 11.6 Å². The van der Waals surface area contributed by atoms with Gasteiger partial charge in [-0.25, -0.2) is 8.78 Å². The van der Waals surface area contributed by atoms with E-state index in [1.165, 1.54) is 7.11 Å². The molecule has 0 atom stereocenters. The molecule has 140 valence electrons. The average molecular weight is 393 g/mol. The number of aryl methyl sites for hydroxylation is 1. The quantitative estimate of drug-likeness (QED) is 0.656. The Bertz CT molecular complexity index is 1000. The lowest BCUT2D eigenvalue weighted by Crippen LogP contribution is -2.15. The summed E-state index contributed by atoms with van der Waals surface area (Å²) in [5.74, 6) is -2.29. The van der Waals surface area contributed by atoms with Crippen molar-refractivity contribution in [3.05, 3.63) is 64.4 Å². The van der Waals surface area contributed by atoms with Crippen molar-refractivity contribution in [3.8, 4) is 17.0 Å². The zero-order valence-electron chi connectivity index (χ0n) is 14.5. The maximum Gasteiger partial charge on any atom is 0.261 e. The molecule has 3 aromatic rings. The van der Waals surface area contributed by atoms with E-state index in [1.807, 2.05) is 0 Å². The minimum absolute atomic E-state index is 0.112. The Morgan fingerprint density at radius 3 is 2.67 bits per heavy atom. The topological polar surface area (TPSA) is 64.4 Å². The van der Waals surface area contributed by atoms with Crippen LogP contribution < -0.4 is 10.1 Å². The van der Waals surface area contributed by atoms with Crippen LogP contribution in [0.1, 0.15) is 23.0 Å². The van der Waals surface area contributed by atoms with Gasteiger partial charge >= 0.3 is 0 Å². The first-order chi connectivity index (χ1) is 13.0. The van der Waals surface area contributed by atoms with Crippen LogP contribution in [0.5, 0.6) is 5.75 Å². The second-order valence-electron chi connectivity index (χ2n) is 5.58. The van der Waals surface area contributed by atoms with Crippen molar-refractivity contribution < 1.29 is 22.8 Å². The summed E-state index contributed by atoms with van der Waals surface area (Å²) < 4.78 is 38.0. The number of carbonyl (C=O) groups excluding carboxylic acids is 1. The number of hydrogen-bond acceptors (Lipinski definition) is 4. The molecule has 3 rings (SSSR count). The molecule has 0 radical (unpaired) electrons. The molecular weight excluding hydrogens is 378 g/mol. The van der Waals surface area contributed by atoms with Crippen LogP contribution in [0.4, 0.5) is 14.5 Å². The van der Waals surface area contributed by atoms with Crippen LogP contribution in [-0.2, 0) is 6.42 Å². The van der Waals surface area contributed by atoms with E-state index < -0.39 is 17.5 Å². The Morgan fingerprint density at radius 2 is 2.00 bits per heavy atom.